The van der Waals surface area contributed by atoms with Gasteiger partial charge in [-0.15, -0.1) is 0 Å². The predicted octanol–water partition coefficient (Wildman–Crippen LogP) is 3.65. The molecule has 3 aromatic rings. The molecule has 4 rings (SSSR count). The van der Waals surface area contributed by atoms with Gasteiger partial charge >= 0.3 is 0 Å². The van der Waals surface area contributed by atoms with Crippen molar-refractivity contribution < 1.29 is 9.90 Å². The monoisotopic (exact) mass is 414 g/mol. The van der Waals surface area contributed by atoms with Gasteiger partial charge in [0.2, 0.25) is 0 Å². The van der Waals surface area contributed by atoms with Crippen LogP contribution in [0.1, 0.15) is 49.8 Å². The standard InChI is InChI=1S/C25H26N4O2/c1-15-10-16(2)22(11-21(15)24-17(3)23(8-9-30)27-28-24)25(31)29-13-20(14-29)19-6-4-18(12-26)5-7-19/h4-7,10-11,20,30H,8-9,13-14H2,1-3H3,(H,27,28). The molecule has 0 saturated carbocycles. The fraction of sp³-hybridized carbons (Fsp3) is 0.320. The highest BCUT2D eigenvalue weighted by Gasteiger charge is 2.33. The SMILES string of the molecule is Cc1cc(C)c(-c2[nH]nc(CCO)c2C)cc1C(=O)N1CC(c2ccc(C#N)cc2)C1. The molecule has 1 aliphatic heterocycles. The summed E-state index contributed by atoms with van der Waals surface area (Å²) in [5, 5.41) is 25.6. The lowest BCUT2D eigenvalue weighted by Gasteiger charge is -2.40. The molecule has 6 nitrogen and oxygen atoms in total. The van der Waals surface area contributed by atoms with Crippen molar-refractivity contribution in [3.05, 3.63) is 75.5 Å². The molecule has 0 atom stereocenters. The number of aliphatic hydroxyl groups excluding tert-OH is 1. The average molecular weight is 415 g/mol. The number of nitrogens with one attached hydrogen (secondary N) is 1. The van der Waals surface area contributed by atoms with Crippen LogP contribution in [0.4, 0.5) is 0 Å². The summed E-state index contributed by atoms with van der Waals surface area (Å²) in [5.41, 5.74) is 8.26. The van der Waals surface area contributed by atoms with E-state index < -0.39 is 0 Å². The Morgan fingerprint density at radius 1 is 1.19 bits per heavy atom. The largest absolute Gasteiger partial charge is 0.396 e. The first-order valence-corrected chi connectivity index (χ1v) is 10.5. The Morgan fingerprint density at radius 3 is 2.55 bits per heavy atom. The number of benzene rings is 2. The Hall–Kier alpha value is -3.43. The number of likely N-dealkylation sites (tertiary alicyclic amines) is 1. The minimum atomic E-state index is 0.0383. The van der Waals surface area contributed by atoms with Gasteiger partial charge in [0, 0.05) is 43.2 Å². The second-order valence-corrected chi connectivity index (χ2v) is 8.27. The molecule has 2 heterocycles. The van der Waals surface area contributed by atoms with Gasteiger partial charge in [0.15, 0.2) is 0 Å². The molecule has 158 valence electrons. The minimum Gasteiger partial charge on any atom is -0.396 e. The first-order chi connectivity index (χ1) is 14.9. The first kappa shape index (κ1) is 20.8. The van der Waals surface area contributed by atoms with E-state index in [4.69, 9.17) is 5.26 Å². The number of rotatable bonds is 5. The number of aromatic nitrogens is 2. The molecule has 1 saturated heterocycles. The molecule has 2 aromatic carbocycles. The molecule has 31 heavy (non-hydrogen) atoms. The van der Waals surface area contributed by atoms with Gasteiger partial charge in [-0.3, -0.25) is 9.89 Å². The molecular formula is C25H26N4O2. The molecule has 1 amide bonds. The van der Waals surface area contributed by atoms with Crippen LogP contribution in [0, 0.1) is 32.1 Å². The van der Waals surface area contributed by atoms with Crippen LogP contribution in [0.15, 0.2) is 36.4 Å². The highest BCUT2D eigenvalue weighted by Crippen LogP contribution is 2.32. The van der Waals surface area contributed by atoms with E-state index in [2.05, 4.69) is 16.3 Å². The van der Waals surface area contributed by atoms with Gasteiger partial charge in [-0.2, -0.15) is 10.4 Å². The van der Waals surface area contributed by atoms with Gasteiger partial charge in [0.25, 0.3) is 5.91 Å². The Kier molecular flexibility index (Phi) is 5.62. The summed E-state index contributed by atoms with van der Waals surface area (Å²) in [6, 6.07) is 13.8. The maximum atomic E-state index is 13.2. The number of aliphatic hydroxyl groups is 1. The molecule has 6 heteroatoms. The van der Waals surface area contributed by atoms with Gasteiger partial charge in [-0.05, 0) is 61.2 Å². The first-order valence-electron chi connectivity index (χ1n) is 10.5. The highest BCUT2D eigenvalue weighted by atomic mass is 16.3. The van der Waals surface area contributed by atoms with Crippen molar-refractivity contribution in [1.29, 1.82) is 5.26 Å². The molecule has 0 spiro atoms. The summed E-state index contributed by atoms with van der Waals surface area (Å²) >= 11 is 0. The van der Waals surface area contributed by atoms with Gasteiger partial charge in [0.1, 0.15) is 0 Å². The number of aromatic amines is 1. The van der Waals surface area contributed by atoms with Crippen molar-refractivity contribution in [3.8, 4) is 17.3 Å². The number of hydrogen-bond acceptors (Lipinski definition) is 4. The maximum absolute atomic E-state index is 13.2. The molecule has 1 fully saturated rings. The number of carbonyl (C=O) groups is 1. The van der Waals surface area contributed by atoms with E-state index in [-0.39, 0.29) is 12.5 Å². The molecule has 2 N–H and O–H groups in total. The topological polar surface area (TPSA) is 93.0 Å². The normalized spacial score (nSPS) is 13.7. The second-order valence-electron chi connectivity index (χ2n) is 8.27. The maximum Gasteiger partial charge on any atom is 0.254 e. The third kappa shape index (κ3) is 3.85. The lowest BCUT2D eigenvalue weighted by molar-refractivity contribution is 0.0601. The lowest BCUT2D eigenvalue weighted by atomic mass is 9.89. The summed E-state index contributed by atoms with van der Waals surface area (Å²) in [5.74, 6) is 0.342. The lowest BCUT2D eigenvalue weighted by Crippen LogP contribution is -2.48. The van der Waals surface area contributed by atoms with Gasteiger partial charge in [-0.25, -0.2) is 0 Å². The zero-order chi connectivity index (χ0) is 22.1. The number of nitriles is 1. The van der Waals surface area contributed by atoms with Crippen LogP contribution in [-0.2, 0) is 6.42 Å². The van der Waals surface area contributed by atoms with Crippen molar-refractivity contribution in [3.63, 3.8) is 0 Å². The van der Waals surface area contributed by atoms with Crippen molar-refractivity contribution in [2.45, 2.75) is 33.1 Å². The van der Waals surface area contributed by atoms with Gasteiger partial charge < -0.3 is 10.0 Å². The van der Waals surface area contributed by atoms with Crippen molar-refractivity contribution in [1.82, 2.24) is 15.1 Å². The van der Waals surface area contributed by atoms with Crippen LogP contribution in [0.25, 0.3) is 11.3 Å². The molecule has 0 radical (unpaired) electrons. The number of amides is 1. The smallest absolute Gasteiger partial charge is 0.254 e. The van der Waals surface area contributed by atoms with Crippen LogP contribution < -0.4 is 0 Å². The quantitative estimate of drug-likeness (QED) is 0.666. The zero-order valence-electron chi connectivity index (χ0n) is 18.1. The molecule has 0 unspecified atom stereocenters. The van der Waals surface area contributed by atoms with Crippen LogP contribution in [0.5, 0.6) is 0 Å². The van der Waals surface area contributed by atoms with E-state index >= 15 is 0 Å². The molecule has 0 bridgehead atoms. The Morgan fingerprint density at radius 2 is 1.90 bits per heavy atom. The van der Waals surface area contributed by atoms with Crippen molar-refractivity contribution in [2.75, 3.05) is 19.7 Å². The van der Waals surface area contributed by atoms with Gasteiger partial charge in [0.05, 0.1) is 23.0 Å². The summed E-state index contributed by atoms with van der Waals surface area (Å²) < 4.78 is 0. The van der Waals surface area contributed by atoms with Gasteiger partial charge in [-0.1, -0.05) is 18.2 Å². The summed E-state index contributed by atoms with van der Waals surface area (Å²) in [6.07, 6.45) is 0.504. The van der Waals surface area contributed by atoms with E-state index in [1.807, 2.05) is 62.1 Å². The fourth-order valence-electron chi connectivity index (χ4n) is 4.25. The van der Waals surface area contributed by atoms with Crippen molar-refractivity contribution in [2.24, 2.45) is 0 Å². The zero-order valence-corrected chi connectivity index (χ0v) is 18.1. The van der Waals surface area contributed by atoms with E-state index in [1.54, 1.807) is 0 Å². The molecule has 1 aromatic heterocycles. The summed E-state index contributed by atoms with van der Waals surface area (Å²) in [4.78, 5) is 15.1. The number of aryl methyl sites for hydroxylation is 2. The van der Waals surface area contributed by atoms with Crippen LogP contribution in [-0.4, -0.2) is 45.8 Å². The third-order valence-electron chi connectivity index (χ3n) is 6.21. The van der Waals surface area contributed by atoms with E-state index in [1.165, 1.54) is 0 Å². The Labute approximate surface area is 182 Å². The second kappa shape index (κ2) is 8.37. The Bertz CT molecular complexity index is 1170. The Balaban J connectivity index is 1.55. The number of nitrogens with zero attached hydrogens (tertiary/aromatic N) is 3. The highest BCUT2D eigenvalue weighted by molar-refractivity contribution is 5.98. The number of carbonyl (C=O) groups excluding carboxylic acids is 1. The number of H-pyrrole nitrogens is 1. The summed E-state index contributed by atoms with van der Waals surface area (Å²) in [7, 11) is 0. The number of hydrogen-bond donors (Lipinski definition) is 2. The fourth-order valence-corrected chi connectivity index (χ4v) is 4.25. The minimum absolute atomic E-state index is 0.0383. The summed E-state index contributed by atoms with van der Waals surface area (Å²) in [6.45, 7) is 7.40. The van der Waals surface area contributed by atoms with Crippen LogP contribution >= 0.6 is 0 Å². The van der Waals surface area contributed by atoms with E-state index in [9.17, 15) is 9.90 Å². The predicted molar refractivity (Wildman–Crippen MR) is 119 cm³/mol. The molecule has 0 aliphatic carbocycles. The molecular weight excluding hydrogens is 388 g/mol. The van der Waals surface area contributed by atoms with Crippen LogP contribution in [0.3, 0.4) is 0 Å². The van der Waals surface area contributed by atoms with E-state index in [0.29, 0.717) is 36.6 Å². The average Bonchev–Trinajstić information content (AvgIpc) is 3.08. The van der Waals surface area contributed by atoms with Crippen LogP contribution in [0.2, 0.25) is 0 Å². The van der Waals surface area contributed by atoms with E-state index in [0.717, 1.165) is 39.2 Å². The molecule has 1 aliphatic rings. The third-order valence-corrected chi connectivity index (χ3v) is 6.21. The van der Waals surface area contributed by atoms with Crippen molar-refractivity contribution >= 4 is 5.91 Å².